The number of aryl methyl sites for hydroxylation is 1. The molecule has 152 valence electrons. The minimum atomic E-state index is -0.0826. The van der Waals surface area contributed by atoms with E-state index < -0.39 is 0 Å². The van der Waals surface area contributed by atoms with Gasteiger partial charge in [0.1, 0.15) is 11.6 Å². The lowest BCUT2D eigenvalue weighted by atomic mass is 9.87. The van der Waals surface area contributed by atoms with Gasteiger partial charge in [-0.2, -0.15) is 0 Å². The zero-order chi connectivity index (χ0) is 21.0. The molecule has 0 bridgehead atoms. The standard InChI is InChI=1S/C23H27ClN4O/c1-5-20-27-19-14-17(24)10-11-18(19)21(28-20)25-12-13-26-22(29)15-6-8-16(9-7-15)23(2,3)4/h6-11,14H,5,12-13H2,1-4H3,(H,26,29)(H,25,27,28). The van der Waals surface area contributed by atoms with E-state index in [-0.39, 0.29) is 11.3 Å². The quantitative estimate of drug-likeness (QED) is 0.562. The number of amides is 1. The van der Waals surface area contributed by atoms with Crippen LogP contribution in [-0.4, -0.2) is 29.0 Å². The lowest BCUT2D eigenvalue weighted by Gasteiger charge is -2.19. The average molecular weight is 411 g/mol. The van der Waals surface area contributed by atoms with Crippen LogP contribution in [0.3, 0.4) is 0 Å². The molecule has 0 saturated carbocycles. The van der Waals surface area contributed by atoms with E-state index in [4.69, 9.17) is 11.6 Å². The molecular formula is C23H27ClN4O. The van der Waals surface area contributed by atoms with Crippen LogP contribution in [0.2, 0.25) is 5.02 Å². The molecule has 0 saturated heterocycles. The van der Waals surface area contributed by atoms with Crippen molar-refractivity contribution < 1.29 is 4.79 Å². The summed E-state index contributed by atoms with van der Waals surface area (Å²) in [6.45, 7) is 9.53. The maximum atomic E-state index is 12.4. The highest BCUT2D eigenvalue weighted by atomic mass is 35.5. The third kappa shape index (κ3) is 5.24. The molecule has 6 heteroatoms. The maximum absolute atomic E-state index is 12.4. The third-order valence-electron chi connectivity index (χ3n) is 4.74. The first-order valence-electron chi connectivity index (χ1n) is 9.86. The van der Waals surface area contributed by atoms with Crippen LogP contribution in [0.4, 0.5) is 5.82 Å². The number of benzene rings is 2. The fourth-order valence-electron chi connectivity index (χ4n) is 3.02. The summed E-state index contributed by atoms with van der Waals surface area (Å²) in [6.07, 6.45) is 0.735. The van der Waals surface area contributed by atoms with E-state index in [0.29, 0.717) is 23.7 Å². The minimum absolute atomic E-state index is 0.0702. The molecule has 0 spiro atoms. The van der Waals surface area contributed by atoms with Crippen molar-refractivity contribution in [1.29, 1.82) is 0 Å². The van der Waals surface area contributed by atoms with E-state index in [2.05, 4.69) is 41.4 Å². The van der Waals surface area contributed by atoms with Crippen molar-refractivity contribution in [2.45, 2.75) is 39.5 Å². The second-order valence-corrected chi connectivity index (χ2v) is 8.45. The number of nitrogens with one attached hydrogen (secondary N) is 2. The van der Waals surface area contributed by atoms with E-state index in [1.807, 2.05) is 49.4 Å². The molecule has 0 aliphatic carbocycles. The van der Waals surface area contributed by atoms with Gasteiger partial charge in [-0.3, -0.25) is 4.79 Å². The van der Waals surface area contributed by atoms with E-state index in [1.54, 1.807) is 0 Å². The number of carbonyl (C=O) groups excluding carboxylic acids is 1. The molecule has 1 amide bonds. The Bertz CT molecular complexity index is 1010. The van der Waals surface area contributed by atoms with Gasteiger partial charge in [0.15, 0.2) is 0 Å². The predicted octanol–water partition coefficient (Wildman–Crippen LogP) is 4.99. The number of aromatic nitrogens is 2. The van der Waals surface area contributed by atoms with Crippen molar-refractivity contribution in [3.63, 3.8) is 0 Å². The summed E-state index contributed by atoms with van der Waals surface area (Å²) in [5.41, 5.74) is 2.75. The van der Waals surface area contributed by atoms with Crippen molar-refractivity contribution in [2.75, 3.05) is 18.4 Å². The monoisotopic (exact) mass is 410 g/mol. The van der Waals surface area contributed by atoms with Gasteiger partial charge in [-0.25, -0.2) is 9.97 Å². The summed E-state index contributed by atoms with van der Waals surface area (Å²) in [4.78, 5) is 21.5. The van der Waals surface area contributed by atoms with Crippen LogP contribution in [0, 0.1) is 0 Å². The Labute approximate surface area is 176 Å². The van der Waals surface area contributed by atoms with Gasteiger partial charge in [0.2, 0.25) is 0 Å². The van der Waals surface area contributed by atoms with Crippen LogP contribution in [0.25, 0.3) is 10.9 Å². The topological polar surface area (TPSA) is 66.9 Å². The van der Waals surface area contributed by atoms with Gasteiger partial charge >= 0.3 is 0 Å². The molecule has 0 fully saturated rings. The second-order valence-electron chi connectivity index (χ2n) is 8.01. The number of halogens is 1. The van der Waals surface area contributed by atoms with Crippen molar-refractivity contribution in [3.05, 3.63) is 64.4 Å². The molecule has 0 aliphatic rings. The zero-order valence-corrected chi connectivity index (χ0v) is 18.1. The smallest absolute Gasteiger partial charge is 0.251 e. The Morgan fingerprint density at radius 3 is 2.41 bits per heavy atom. The van der Waals surface area contributed by atoms with Gasteiger partial charge in [0.25, 0.3) is 5.91 Å². The van der Waals surface area contributed by atoms with Gasteiger partial charge in [-0.1, -0.05) is 51.4 Å². The number of anilines is 1. The molecule has 1 heterocycles. The number of rotatable bonds is 6. The third-order valence-corrected chi connectivity index (χ3v) is 4.97. The highest BCUT2D eigenvalue weighted by molar-refractivity contribution is 6.31. The molecule has 0 radical (unpaired) electrons. The number of carbonyl (C=O) groups is 1. The number of nitrogens with zero attached hydrogens (tertiary/aromatic N) is 2. The summed E-state index contributed by atoms with van der Waals surface area (Å²) in [5, 5.41) is 7.82. The van der Waals surface area contributed by atoms with E-state index in [9.17, 15) is 4.79 Å². The zero-order valence-electron chi connectivity index (χ0n) is 17.3. The molecular weight excluding hydrogens is 384 g/mol. The Morgan fingerprint density at radius 1 is 1.03 bits per heavy atom. The van der Waals surface area contributed by atoms with Gasteiger partial charge in [-0.05, 0) is 41.3 Å². The van der Waals surface area contributed by atoms with Crippen molar-refractivity contribution in [2.24, 2.45) is 0 Å². The first-order valence-corrected chi connectivity index (χ1v) is 10.2. The molecule has 5 nitrogen and oxygen atoms in total. The van der Waals surface area contributed by atoms with Crippen molar-refractivity contribution in [1.82, 2.24) is 15.3 Å². The Hall–Kier alpha value is -2.66. The van der Waals surface area contributed by atoms with E-state index in [0.717, 1.165) is 29.0 Å². The summed E-state index contributed by atoms with van der Waals surface area (Å²) in [6, 6.07) is 13.3. The second kappa shape index (κ2) is 8.78. The van der Waals surface area contributed by atoms with Crippen molar-refractivity contribution in [3.8, 4) is 0 Å². The molecule has 0 atom stereocenters. The molecule has 29 heavy (non-hydrogen) atoms. The minimum Gasteiger partial charge on any atom is -0.368 e. The highest BCUT2D eigenvalue weighted by Gasteiger charge is 2.14. The number of hydrogen-bond donors (Lipinski definition) is 2. The lowest BCUT2D eigenvalue weighted by molar-refractivity contribution is 0.0955. The Balaban J connectivity index is 1.61. The SMILES string of the molecule is CCc1nc(NCCNC(=O)c2ccc(C(C)(C)C)cc2)c2ccc(Cl)cc2n1. The normalized spacial score (nSPS) is 11.5. The first kappa shape index (κ1) is 21.1. The fourth-order valence-corrected chi connectivity index (χ4v) is 3.19. The first-order chi connectivity index (χ1) is 13.8. The van der Waals surface area contributed by atoms with Crippen LogP contribution in [0.5, 0.6) is 0 Å². The Morgan fingerprint density at radius 2 is 1.76 bits per heavy atom. The van der Waals surface area contributed by atoms with Gasteiger partial charge in [0, 0.05) is 35.5 Å². The largest absolute Gasteiger partial charge is 0.368 e. The van der Waals surface area contributed by atoms with E-state index >= 15 is 0 Å². The van der Waals surface area contributed by atoms with Crippen LogP contribution < -0.4 is 10.6 Å². The molecule has 0 unspecified atom stereocenters. The molecule has 2 N–H and O–H groups in total. The number of hydrogen-bond acceptors (Lipinski definition) is 4. The van der Waals surface area contributed by atoms with Crippen LogP contribution in [0.1, 0.15) is 49.4 Å². The van der Waals surface area contributed by atoms with Crippen LogP contribution in [0.15, 0.2) is 42.5 Å². The summed E-state index contributed by atoms with van der Waals surface area (Å²) < 4.78 is 0. The highest BCUT2D eigenvalue weighted by Crippen LogP contribution is 2.24. The lowest BCUT2D eigenvalue weighted by Crippen LogP contribution is -2.29. The molecule has 2 aromatic carbocycles. The van der Waals surface area contributed by atoms with Gasteiger partial charge < -0.3 is 10.6 Å². The molecule has 0 aliphatic heterocycles. The predicted molar refractivity (Wildman–Crippen MR) is 120 cm³/mol. The summed E-state index contributed by atoms with van der Waals surface area (Å²) in [7, 11) is 0. The maximum Gasteiger partial charge on any atom is 0.251 e. The summed E-state index contributed by atoms with van der Waals surface area (Å²) >= 11 is 6.09. The van der Waals surface area contributed by atoms with E-state index in [1.165, 1.54) is 5.56 Å². The van der Waals surface area contributed by atoms with Crippen LogP contribution in [-0.2, 0) is 11.8 Å². The van der Waals surface area contributed by atoms with Crippen LogP contribution >= 0.6 is 11.6 Å². The summed E-state index contributed by atoms with van der Waals surface area (Å²) in [5.74, 6) is 1.43. The molecule has 3 rings (SSSR count). The fraction of sp³-hybridized carbons (Fsp3) is 0.348. The Kier molecular flexibility index (Phi) is 6.38. The van der Waals surface area contributed by atoms with Crippen molar-refractivity contribution >= 4 is 34.2 Å². The number of fused-ring (bicyclic) bond motifs is 1. The van der Waals surface area contributed by atoms with Gasteiger partial charge in [-0.15, -0.1) is 0 Å². The average Bonchev–Trinajstić information content (AvgIpc) is 2.69. The van der Waals surface area contributed by atoms with Gasteiger partial charge in [0.05, 0.1) is 5.52 Å². The molecule has 1 aromatic heterocycles. The molecule has 3 aromatic rings.